The number of fused-ring (bicyclic) bond motifs is 21. The lowest BCUT2D eigenvalue weighted by Gasteiger charge is -2.31. The van der Waals surface area contributed by atoms with Gasteiger partial charge in [0.25, 0.3) is 0 Å². The molecule has 0 atom stereocenters. The third kappa shape index (κ3) is 11.2. The van der Waals surface area contributed by atoms with Crippen molar-refractivity contribution in [1.29, 1.82) is 0 Å². The Morgan fingerprint density at radius 1 is 0.136 bits per heavy atom. The van der Waals surface area contributed by atoms with E-state index in [1.165, 1.54) is 237 Å². The molecule has 2 aliphatic carbocycles. The van der Waals surface area contributed by atoms with Crippen molar-refractivity contribution in [2.75, 3.05) is 0 Å². The maximum atomic E-state index is 2.55. The van der Waals surface area contributed by atoms with Gasteiger partial charge in [-0.05, 0) is 243 Å². The van der Waals surface area contributed by atoms with Crippen LogP contribution in [0.3, 0.4) is 0 Å². The second kappa shape index (κ2) is 29.0. The molecule has 22 aromatic carbocycles. The molecule has 24 aromatic rings. The van der Waals surface area contributed by atoms with Crippen molar-refractivity contribution < 1.29 is 0 Å². The molecule has 0 amide bonds. The highest BCUT2D eigenvalue weighted by Crippen LogP contribution is 2.64. The van der Waals surface area contributed by atoms with Crippen molar-refractivity contribution in [3.05, 3.63) is 495 Å². The molecule has 0 aliphatic heterocycles. The Bertz CT molecular complexity index is 8330. The average Bonchev–Trinajstić information content (AvgIpc) is 1.50. The van der Waals surface area contributed by atoms with Crippen LogP contribution in [0, 0.1) is 0 Å². The standard InChI is InChI=1S/C69H43N.C54H35N/c1-3-17-44(18-4-1)45-31-33-46(34-32-45)48-36-40-66-60(41-48)55-23-13-16-30-65(55)70(66)50-37-39-54-53-38-35-49(42-63(53)69(64(54)43-50)61-28-14-11-21-51(61)52-22-12-15-29-62(52)69)68-58-26-9-7-24-56(58)67(47-19-5-2-6-20-47)57-25-8-10-27-59(57)68;1-3-15-36(16-4-1)37-29-31-38(32-30-37)40-33-34-52-49(35-40)43-19-11-12-27-50(43)55(52)51-28-14-24-41-42(51)25-13-26-44(41)54-47-22-9-7-20-45(47)53(39-17-5-2-6-18-39)46-21-8-10-23-48(46)54/h1-43H;1-35H. The zero-order valence-electron chi connectivity index (χ0n) is 68.4. The molecule has 0 N–H and O–H groups in total. The van der Waals surface area contributed by atoms with Gasteiger partial charge in [0.1, 0.15) is 0 Å². The van der Waals surface area contributed by atoms with Gasteiger partial charge in [-0.3, -0.25) is 0 Å². The number of hydrogen-bond acceptors (Lipinski definition) is 0. The van der Waals surface area contributed by atoms with E-state index in [2.05, 4.69) is 482 Å². The van der Waals surface area contributed by atoms with Crippen LogP contribution in [0.1, 0.15) is 22.3 Å². The largest absolute Gasteiger partial charge is 0.309 e. The lowest BCUT2D eigenvalue weighted by Crippen LogP contribution is -2.26. The molecule has 2 aromatic heterocycles. The molecule has 0 radical (unpaired) electrons. The first-order valence-corrected chi connectivity index (χ1v) is 43.4. The normalized spacial score (nSPS) is 12.4. The van der Waals surface area contributed by atoms with Crippen LogP contribution in [-0.4, -0.2) is 9.13 Å². The van der Waals surface area contributed by atoms with E-state index >= 15 is 0 Å². The quantitative estimate of drug-likeness (QED) is 0.121. The van der Waals surface area contributed by atoms with E-state index in [0.717, 1.165) is 5.69 Å². The summed E-state index contributed by atoms with van der Waals surface area (Å²) in [5.41, 5.74) is 36.9. The average molecular weight is 1580 g/mol. The van der Waals surface area contributed by atoms with E-state index < -0.39 is 5.41 Å². The zero-order valence-corrected chi connectivity index (χ0v) is 68.4. The molecule has 26 rings (SSSR count). The van der Waals surface area contributed by atoms with Crippen LogP contribution >= 0.6 is 0 Å². The third-order valence-electron chi connectivity index (χ3n) is 27.0. The van der Waals surface area contributed by atoms with Crippen molar-refractivity contribution in [3.8, 4) is 123 Å². The first-order chi connectivity index (χ1) is 62.1. The fraction of sp³-hybridized carbons (Fsp3) is 0.00813. The second-order valence-electron chi connectivity index (χ2n) is 33.5. The van der Waals surface area contributed by atoms with Gasteiger partial charge in [-0.1, -0.05) is 413 Å². The Kier molecular flexibility index (Phi) is 16.6. The van der Waals surface area contributed by atoms with Crippen molar-refractivity contribution in [2.24, 2.45) is 0 Å². The fourth-order valence-electron chi connectivity index (χ4n) is 21.6. The van der Waals surface area contributed by atoms with Gasteiger partial charge in [0.15, 0.2) is 0 Å². The van der Waals surface area contributed by atoms with E-state index in [4.69, 9.17) is 0 Å². The van der Waals surface area contributed by atoms with E-state index in [-0.39, 0.29) is 0 Å². The summed E-state index contributed by atoms with van der Waals surface area (Å²) < 4.78 is 4.96. The Labute approximate surface area is 725 Å². The molecule has 580 valence electrons. The molecular weight excluding hydrogens is 1510 g/mol. The molecule has 0 fully saturated rings. The number of nitrogens with zero attached hydrogens (tertiary/aromatic N) is 2. The van der Waals surface area contributed by atoms with Crippen molar-refractivity contribution in [3.63, 3.8) is 0 Å². The van der Waals surface area contributed by atoms with Crippen LogP contribution in [0.25, 0.3) is 220 Å². The summed E-state index contributed by atoms with van der Waals surface area (Å²) in [6.45, 7) is 0. The summed E-state index contributed by atoms with van der Waals surface area (Å²) in [6.07, 6.45) is 0. The smallest absolute Gasteiger partial charge is 0.0726 e. The van der Waals surface area contributed by atoms with E-state index in [0.29, 0.717) is 0 Å². The maximum absolute atomic E-state index is 2.55. The topological polar surface area (TPSA) is 9.86 Å². The van der Waals surface area contributed by atoms with Gasteiger partial charge in [-0.25, -0.2) is 0 Å². The number of para-hydroxylation sites is 2. The third-order valence-corrected chi connectivity index (χ3v) is 27.0. The molecule has 2 heteroatoms. The summed E-state index contributed by atoms with van der Waals surface area (Å²) in [5, 5.41) is 17.6. The van der Waals surface area contributed by atoms with Gasteiger partial charge < -0.3 is 9.13 Å². The Hall–Kier alpha value is -16.3. The minimum Gasteiger partial charge on any atom is -0.309 e. The highest BCUT2D eigenvalue weighted by Gasteiger charge is 2.52. The predicted molar refractivity (Wildman–Crippen MR) is 529 cm³/mol. The number of benzene rings is 22. The lowest BCUT2D eigenvalue weighted by atomic mass is 9.70. The van der Waals surface area contributed by atoms with Crippen LogP contribution in [0.2, 0.25) is 0 Å². The van der Waals surface area contributed by atoms with Crippen LogP contribution < -0.4 is 0 Å². The number of hydrogen-bond donors (Lipinski definition) is 0. The van der Waals surface area contributed by atoms with Crippen molar-refractivity contribution in [1.82, 2.24) is 9.13 Å². The SMILES string of the molecule is c1ccc(-c2ccc(-c3ccc4c(c3)c3ccccc3n4-c3ccc4c(c3)C3(c5ccccc5-c5ccccc53)c3cc(-c5c6ccccc6c(-c6ccccc6)c6ccccc56)ccc3-4)cc2)cc1.c1ccc(-c2ccc(-c3ccc4c(c3)c3ccccc3n4-c3cccc4c(-c5c6ccccc6c(-c6ccccc6)c6ccccc56)cccc34)cc2)cc1. The lowest BCUT2D eigenvalue weighted by molar-refractivity contribution is 0.793. The van der Waals surface area contributed by atoms with Crippen LogP contribution in [0.4, 0.5) is 0 Å². The zero-order chi connectivity index (χ0) is 82.2. The molecule has 2 heterocycles. The molecule has 2 aliphatic rings. The second-order valence-corrected chi connectivity index (χ2v) is 33.5. The van der Waals surface area contributed by atoms with Gasteiger partial charge in [-0.15, -0.1) is 0 Å². The molecule has 0 saturated heterocycles. The summed E-state index contributed by atoms with van der Waals surface area (Å²) in [6, 6.07) is 175. The number of rotatable bonds is 10. The highest BCUT2D eigenvalue weighted by atomic mass is 15.0. The summed E-state index contributed by atoms with van der Waals surface area (Å²) >= 11 is 0. The van der Waals surface area contributed by atoms with Gasteiger partial charge in [0, 0.05) is 32.6 Å². The molecule has 0 bridgehead atoms. The van der Waals surface area contributed by atoms with E-state index in [9.17, 15) is 0 Å². The highest BCUT2D eigenvalue weighted by molar-refractivity contribution is 6.25. The Balaban J connectivity index is 0.000000141. The first-order valence-electron chi connectivity index (χ1n) is 43.4. The number of aromatic nitrogens is 2. The molecular formula is C123H78N2. The molecule has 0 unspecified atom stereocenters. The maximum Gasteiger partial charge on any atom is 0.0726 e. The predicted octanol–water partition coefficient (Wildman–Crippen LogP) is 33.0. The van der Waals surface area contributed by atoms with Crippen molar-refractivity contribution in [2.45, 2.75) is 5.41 Å². The minimum atomic E-state index is -0.544. The molecule has 125 heavy (non-hydrogen) atoms. The molecule has 0 saturated carbocycles. The molecule has 1 spiro atoms. The monoisotopic (exact) mass is 1580 g/mol. The van der Waals surface area contributed by atoms with E-state index in [1.807, 2.05) is 0 Å². The Morgan fingerprint density at radius 2 is 0.432 bits per heavy atom. The van der Waals surface area contributed by atoms with E-state index in [1.54, 1.807) is 0 Å². The summed E-state index contributed by atoms with van der Waals surface area (Å²) in [4.78, 5) is 0. The fourth-order valence-corrected chi connectivity index (χ4v) is 21.6. The summed E-state index contributed by atoms with van der Waals surface area (Å²) in [5.74, 6) is 0. The molecule has 2 nitrogen and oxygen atoms in total. The van der Waals surface area contributed by atoms with Gasteiger partial charge in [0.05, 0.1) is 33.2 Å². The Morgan fingerprint density at radius 3 is 0.904 bits per heavy atom. The van der Waals surface area contributed by atoms with Gasteiger partial charge in [-0.2, -0.15) is 0 Å². The van der Waals surface area contributed by atoms with Crippen molar-refractivity contribution >= 4 is 97.5 Å². The van der Waals surface area contributed by atoms with Crippen LogP contribution in [-0.2, 0) is 5.41 Å². The first kappa shape index (κ1) is 71.6. The van der Waals surface area contributed by atoms with Gasteiger partial charge in [0.2, 0.25) is 0 Å². The van der Waals surface area contributed by atoms with Crippen LogP contribution in [0.15, 0.2) is 473 Å². The summed E-state index contributed by atoms with van der Waals surface area (Å²) in [7, 11) is 0. The van der Waals surface area contributed by atoms with Crippen LogP contribution in [0.5, 0.6) is 0 Å². The minimum absolute atomic E-state index is 0.544. The van der Waals surface area contributed by atoms with Gasteiger partial charge >= 0.3 is 0 Å².